The normalized spacial score (nSPS) is 11.0. The molecule has 0 aromatic heterocycles. The number of rotatable bonds is 6. The average molecular weight is 298 g/mol. The molecular formula is C17H22N4O. The number of nitrogen functional groups attached to an aromatic ring is 3. The first-order chi connectivity index (χ1) is 10.6. The molecule has 0 saturated heterocycles. The minimum absolute atomic E-state index is 0.0911. The van der Waals surface area contributed by atoms with E-state index in [4.69, 9.17) is 22.3 Å². The van der Waals surface area contributed by atoms with Gasteiger partial charge in [-0.1, -0.05) is 12.2 Å². The van der Waals surface area contributed by atoms with Gasteiger partial charge in [0.25, 0.3) is 0 Å². The highest BCUT2D eigenvalue weighted by molar-refractivity contribution is 5.69. The number of hydrogen-bond donors (Lipinski definition) is 5. The first-order valence-corrected chi connectivity index (χ1v) is 7.15. The van der Waals surface area contributed by atoms with Gasteiger partial charge in [-0.05, 0) is 53.9 Å². The number of nitrogens with one attached hydrogen (secondary N) is 1. The Morgan fingerprint density at radius 1 is 1.00 bits per heavy atom. The molecule has 116 valence electrons. The molecule has 2 aromatic carbocycles. The highest BCUT2D eigenvalue weighted by Gasteiger charge is 2.01. The third-order valence-electron chi connectivity index (χ3n) is 3.33. The van der Waals surface area contributed by atoms with E-state index in [1.54, 1.807) is 12.1 Å². The van der Waals surface area contributed by atoms with Crippen molar-refractivity contribution in [3.05, 3.63) is 53.6 Å². The zero-order valence-electron chi connectivity index (χ0n) is 12.4. The molecule has 5 heteroatoms. The van der Waals surface area contributed by atoms with Gasteiger partial charge in [-0.3, -0.25) is 0 Å². The monoisotopic (exact) mass is 298 g/mol. The maximum Gasteiger partial charge on any atom is 0.0472 e. The van der Waals surface area contributed by atoms with Gasteiger partial charge in [-0.15, -0.1) is 0 Å². The summed E-state index contributed by atoms with van der Waals surface area (Å²) in [7, 11) is 0. The zero-order valence-corrected chi connectivity index (χ0v) is 12.4. The summed E-state index contributed by atoms with van der Waals surface area (Å²) >= 11 is 0. The van der Waals surface area contributed by atoms with Crippen LogP contribution in [-0.2, 0) is 6.42 Å². The predicted molar refractivity (Wildman–Crippen MR) is 94.4 cm³/mol. The van der Waals surface area contributed by atoms with E-state index in [2.05, 4.69) is 5.32 Å². The highest BCUT2D eigenvalue weighted by atomic mass is 16.2. The SMILES string of the molecule is Nc1ccc(N)c(C=CCNc2ccc(N)cc2CCO)c1. The van der Waals surface area contributed by atoms with Gasteiger partial charge in [0.15, 0.2) is 0 Å². The Bertz CT molecular complexity index is 668. The maximum absolute atomic E-state index is 9.10. The summed E-state index contributed by atoms with van der Waals surface area (Å²) in [6.07, 6.45) is 4.48. The molecule has 0 saturated carbocycles. The summed E-state index contributed by atoms with van der Waals surface area (Å²) in [5.74, 6) is 0. The Labute approximate surface area is 130 Å². The highest BCUT2D eigenvalue weighted by Crippen LogP contribution is 2.20. The van der Waals surface area contributed by atoms with Crippen molar-refractivity contribution in [2.75, 3.05) is 35.7 Å². The second kappa shape index (κ2) is 7.38. The van der Waals surface area contributed by atoms with Gasteiger partial charge in [0.2, 0.25) is 0 Å². The van der Waals surface area contributed by atoms with Crippen LogP contribution >= 0.6 is 0 Å². The number of nitrogens with two attached hydrogens (primary N) is 3. The molecule has 0 fully saturated rings. The van der Waals surface area contributed by atoms with Crippen LogP contribution in [0.4, 0.5) is 22.7 Å². The van der Waals surface area contributed by atoms with E-state index in [1.807, 2.05) is 36.4 Å². The van der Waals surface area contributed by atoms with Gasteiger partial charge in [-0.2, -0.15) is 0 Å². The van der Waals surface area contributed by atoms with Crippen LogP contribution in [0.2, 0.25) is 0 Å². The largest absolute Gasteiger partial charge is 0.399 e. The van der Waals surface area contributed by atoms with Crippen molar-refractivity contribution in [2.45, 2.75) is 6.42 Å². The smallest absolute Gasteiger partial charge is 0.0472 e. The Morgan fingerprint density at radius 2 is 1.73 bits per heavy atom. The second-order valence-corrected chi connectivity index (χ2v) is 5.06. The van der Waals surface area contributed by atoms with Crippen molar-refractivity contribution in [1.29, 1.82) is 0 Å². The topological polar surface area (TPSA) is 110 Å². The number of hydrogen-bond acceptors (Lipinski definition) is 5. The summed E-state index contributed by atoms with van der Waals surface area (Å²) in [6.45, 7) is 0.727. The number of aliphatic hydroxyl groups excluding tert-OH is 1. The molecule has 2 aromatic rings. The molecule has 0 bridgehead atoms. The number of aliphatic hydroxyl groups is 1. The van der Waals surface area contributed by atoms with Crippen LogP contribution in [0.3, 0.4) is 0 Å². The summed E-state index contributed by atoms with van der Waals surface area (Å²) < 4.78 is 0. The van der Waals surface area contributed by atoms with Crippen molar-refractivity contribution in [2.24, 2.45) is 0 Å². The van der Waals surface area contributed by atoms with Gasteiger partial charge in [0.05, 0.1) is 0 Å². The lowest BCUT2D eigenvalue weighted by Gasteiger charge is -2.11. The van der Waals surface area contributed by atoms with E-state index in [0.717, 1.165) is 16.8 Å². The van der Waals surface area contributed by atoms with Crippen LogP contribution in [-0.4, -0.2) is 18.3 Å². The van der Waals surface area contributed by atoms with Crippen LogP contribution in [0.15, 0.2) is 42.5 Å². The first kappa shape index (κ1) is 15.7. The van der Waals surface area contributed by atoms with Gasteiger partial charge in [0.1, 0.15) is 0 Å². The molecule has 0 aliphatic carbocycles. The molecule has 0 heterocycles. The fourth-order valence-electron chi connectivity index (χ4n) is 2.21. The van der Waals surface area contributed by atoms with E-state index in [9.17, 15) is 0 Å². The molecule has 22 heavy (non-hydrogen) atoms. The Kier molecular flexibility index (Phi) is 5.27. The summed E-state index contributed by atoms with van der Waals surface area (Å²) in [4.78, 5) is 0. The first-order valence-electron chi connectivity index (χ1n) is 7.15. The minimum atomic E-state index is 0.0911. The number of anilines is 4. The third kappa shape index (κ3) is 4.17. The van der Waals surface area contributed by atoms with Gasteiger partial charge in [0, 0.05) is 35.9 Å². The van der Waals surface area contributed by atoms with Crippen molar-refractivity contribution in [3.63, 3.8) is 0 Å². The Morgan fingerprint density at radius 3 is 2.50 bits per heavy atom. The summed E-state index contributed by atoms with van der Waals surface area (Å²) in [6, 6.07) is 11.0. The lowest BCUT2D eigenvalue weighted by atomic mass is 10.1. The lowest BCUT2D eigenvalue weighted by Crippen LogP contribution is -2.04. The molecule has 0 amide bonds. The Hall–Kier alpha value is -2.66. The van der Waals surface area contributed by atoms with Crippen LogP contribution in [0, 0.1) is 0 Å². The molecule has 2 rings (SSSR count). The fraction of sp³-hybridized carbons (Fsp3) is 0.176. The predicted octanol–water partition coefficient (Wildman–Crippen LogP) is 2.09. The van der Waals surface area contributed by atoms with E-state index in [0.29, 0.717) is 30.0 Å². The van der Waals surface area contributed by atoms with E-state index in [1.165, 1.54) is 0 Å². The van der Waals surface area contributed by atoms with Crippen LogP contribution in [0.1, 0.15) is 11.1 Å². The van der Waals surface area contributed by atoms with Gasteiger partial charge in [-0.25, -0.2) is 0 Å². The van der Waals surface area contributed by atoms with Gasteiger partial charge < -0.3 is 27.6 Å². The van der Waals surface area contributed by atoms with E-state index < -0.39 is 0 Å². The van der Waals surface area contributed by atoms with Gasteiger partial charge >= 0.3 is 0 Å². The molecule has 0 aliphatic rings. The molecule has 5 nitrogen and oxygen atoms in total. The van der Waals surface area contributed by atoms with Crippen molar-refractivity contribution in [3.8, 4) is 0 Å². The minimum Gasteiger partial charge on any atom is -0.399 e. The molecule has 0 radical (unpaired) electrons. The molecular weight excluding hydrogens is 276 g/mol. The van der Waals surface area contributed by atoms with Crippen molar-refractivity contribution in [1.82, 2.24) is 0 Å². The molecule has 0 spiro atoms. The molecule has 8 N–H and O–H groups in total. The summed E-state index contributed by atoms with van der Waals surface area (Å²) in [5, 5.41) is 12.4. The van der Waals surface area contributed by atoms with E-state index in [-0.39, 0.29) is 6.61 Å². The maximum atomic E-state index is 9.10. The van der Waals surface area contributed by atoms with Crippen LogP contribution < -0.4 is 22.5 Å². The number of benzene rings is 2. The second-order valence-electron chi connectivity index (χ2n) is 5.06. The summed E-state index contributed by atoms with van der Waals surface area (Å²) in [5.41, 5.74) is 22.3. The van der Waals surface area contributed by atoms with Crippen LogP contribution in [0.5, 0.6) is 0 Å². The van der Waals surface area contributed by atoms with E-state index >= 15 is 0 Å². The quantitative estimate of drug-likeness (QED) is 0.524. The van der Waals surface area contributed by atoms with Crippen molar-refractivity contribution < 1.29 is 5.11 Å². The zero-order chi connectivity index (χ0) is 15.9. The Balaban J connectivity index is 2.01. The third-order valence-corrected chi connectivity index (χ3v) is 3.33. The molecule has 0 aliphatic heterocycles. The average Bonchev–Trinajstić information content (AvgIpc) is 2.49. The molecule has 0 atom stereocenters. The van der Waals surface area contributed by atoms with Crippen LogP contribution in [0.25, 0.3) is 6.08 Å². The molecule has 0 unspecified atom stereocenters. The standard InChI is InChI=1S/C17H22N4O/c18-14-3-5-16(20)12(10-14)2-1-8-21-17-6-4-15(19)11-13(17)7-9-22/h1-6,10-11,21-22H,7-9,18-20H2. The lowest BCUT2D eigenvalue weighted by molar-refractivity contribution is 0.300. The fourth-order valence-corrected chi connectivity index (χ4v) is 2.21. The van der Waals surface area contributed by atoms with Crippen molar-refractivity contribution >= 4 is 28.8 Å².